The van der Waals surface area contributed by atoms with Crippen molar-refractivity contribution in [2.24, 2.45) is 0 Å². The van der Waals surface area contributed by atoms with Gasteiger partial charge in [-0.1, -0.05) is 26.8 Å². The van der Waals surface area contributed by atoms with Gasteiger partial charge in [-0.3, -0.25) is 9.36 Å². The van der Waals surface area contributed by atoms with Crippen LogP contribution in [0.4, 0.5) is 5.95 Å². The summed E-state index contributed by atoms with van der Waals surface area (Å²) in [6.45, 7) is 6.10. The van der Waals surface area contributed by atoms with Crippen LogP contribution in [-0.2, 0) is 5.41 Å². The lowest BCUT2D eigenvalue weighted by Crippen LogP contribution is -2.21. The lowest BCUT2D eigenvalue weighted by Gasteiger charge is -2.18. The summed E-state index contributed by atoms with van der Waals surface area (Å²) in [6.07, 6.45) is 1.66. The maximum atomic E-state index is 11.8. The van der Waals surface area contributed by atoms with Crippen molar-refractivity contribution in [3.8, 4) is 5.82 Å². The van der Waals surface area contributed by atoms with E-state index in [1.165, 1.54) is 10.6 Å². The van der Waals surface area contributed by atoms with E-state index in [-0.39, 0.29) is 16.9 Å². The molecule has 18 heavy (non-hydrogen) atoms. The molecule has 2 aromatic heterocycles. The summed E-state index contributed by atoms with van der Waals surface area (Å²) in [7, 11) is 0. The highest BCUT2D eigenvalue weighted by molar-refractivity contribution is 5.34. The zero-order chi connectivity index (χ0) is 13.3. The van der Waals surface area contributed by atoms with E-state index >= 15 is 0 Å². The minimum atomic E-state index is -0.149. The molecule has 0 saturated carbocycles. The van der Waals surface area contributed by atoms with Crippen LogP contribution in [0.1, 0.15) is 26.5 Å². The molecule has 0 saturated heterocycles. The van der Waals surface area contributed by atoms with E-state index in [2.05, 4.69) is 9.97 Å². The van der Waals surface area contributed by atoms with Crippen LogP contribution in [0, 0.1) is 0 Å². The van der Waals surface area contributed by atoms with Crippen LogP contribution in [0.5, 0.6) is 0 Å². The van der Waals surface area contributed by atoms with Crippen molar-refractivity contribution >= 4 is 5.95 Å². The first-order valence-electron chi connectivity index (χ1n) is 5.71. The number of pyridine rings is 1. The number of nitrogens with two attached hydrogens (primary N) is 1. The third kappa shape index (κ3) is 2.40. The topological polar surface area (TPSA) is 73.8 Å². The monoisotopic (exact) mass is 244 g/mol. The molecule has 0 bridgehead atoms. The van der Waals surface area contributed by atoms with Crippen molar-refractivity contribution in [2.75, 3.05) is 5.73 Å². The highest BCUT2D eigenvalue weighted by Gasteiger charge is 2.18. The predicted octanol–water partition coefficient (Wildman–Crippen LogP) is 1.51. The van der Waals surface area contributed by atoms with Crippen molar-refractivity contribution in [3.05, 3.63) is 46.5 Å². The molecule has 0 amide bonds. The van der Waals surface area contributed by atoms with Gasteiger partial charge in [0.2, 0.25) is 5.95 Å². The highest BCUT2D eigenvalue weighted by atomic mass is 16.1. The molecule has 0 aliphatic carbocycles. The molecule has 0 aromatic carbocycles. The maximum absolute atomic E-state index is 11.8. The highest BCUT2D eigenvalue weighted by Crippen LogP contribution is 2.21. The summed E-state index contributed by atoms with van der Waals surface area (Å²) >= 11 is 0. The van der Waals surface area contributed by atoms with E-state index in [9.17, 15) is 4.79 Å². The van der Waals surface area contributed by atoms with E-state index in [1.807, 2.05) is 20.8 Å². The number of hydrogen-bond donors (Lipinski definition) is 1. The molecule has 0 atom stereocenters. The third-order valence-corrected chi connectivity index (χ3v) is 2.57. The van der Waals surface area contributed by atoms with Crippen molar-refractivity contribution in [3.63, 3.8) is 0 Å². The Morgan fingerprint density at radius 1 is 1.22 bits per heavy atom. The molecular formula is C13H16N4O. The smallest absolute Gasteiger partial charge is 0.256 e. The standard InChI is InChI=1S/C13H16N4O/c1-13(2,3)9-8-10(16-12(14)15-9)17-7-5-4-6-11(17)18/h4-8H,1-3H3,(H2,14,15,16). The molecule has 0 unspecified atom stereocenters. The second-order valence-corrected chi connectivity index (χ2v) is 5.13. The van der Waals surface area contributed by atoms with Crippen LogP contribution in [0.3, 0.4) is 0 Å². The van der Waals surface area contributed by atoms with E-state index in [0.29, 0.717) is 5.82 Å². The van der Waals surface area contributed by atoms with Crippen LogP contribution in [-0.4, -0.2) is 14.5 Å². The number of hydrogen-bond acceptors (Lipinski definition) is 4. The van der Waals surface area contributed by atoms with Gasteiger partial charge in [0.25, 0.3) is 5.56 Å². The zero-order valence-corrected chi connectivity index (χ0v) is 10.7. The molecule has 0 spiro atoms. The van der Waals surface area contributed by atoms with Crippen molar-refractivity contribution in [2.45, 2.75) is 26.2 Å². The Kier molecular flexibility index (Phi) is 2.90. The molecule has 5 heteroatoms. The molecular weight excluding hydrogens is 228 g/mol. The van der Waals surface area contributed by atoms with E-state index in [0.717, 1.165) is 5.69 Å². The van der Waals surface area contributed by atoms with Crippen molar-refractivity contribution < 1.29 is 0 Å². The molecule has 2 aromatic rings. The van der Waals surface area contributed by atoms with E-state index < -0.39 is 0 Å². The molecule has 0 aliphatic rings. The molecule has 2 heterocycles. The van der Waals surface area contributed by atoms with Crippen LogP contribution < -0.4 is 11.3 Å². The number of rotatable bonds is 1. The molecule has 0 radical (unpaired) electrons. The molecule has 94 valence electrons. The van der Waals surface area contributed by atoms with Crippen molar-refractivity contribution in [1.29, 1.82) is 0 Å². The summed E-state index contributed by atoms with van der Waals surface area (Å²) in [6, 6.07) is 6.73. The summed E-state index contributed by atoms with van der Waals surface area (Å²) in [5, 5.41) is 0. The van der Waals surface area contributed by atoms with Crippen LogP contribution in [0.2, 0.25) is 0 Å². The van der Waals surface area contributed by atoms with Gasteiger partial charge in [-0.05, 0) is 6.07 Å². The summed E-state index contributed by atoms with van der Waals surface area (Å²) in [5.41, 5.74) is 6.22. The molecule has 2 N–H and O–H groups in total. The Labute approximate surface area is 105 Å². The van der Waals surface area contributed by atoms with Crippen LogP contribution >= 0.6 is 0 Å². The lowest BCUT2D eigenvalue weighted by atomic mass is 9.92. The van der Waals surface area contributed by atoms with Gasteiger partial charge in [-0.15, -0.1) is 0 Å². The fraction of sp³-hybridized carbons (Fsp3) is 0.308. The van der Waals surface area contributed by atoms with Gasteiger partial charge in [0, 0.05) is 23.7 Å². The quantitative estimate of drug-likeness (QED) is 0.825. The number of aromatic nitrogens is 3. The Balaban J connectivity index is 2.63. The SMILES string of the molecule is CC(C)(C)c1cc(-n2ccccc2=O)nc(N)n1. The largest absolute Gasteiger partial charge is 0.368 e. The Morgan fingerprint density at radius 3 is 2.56 bits per heavy atom. The van der Waals surface area contributed by atoms with Gasteiger partial charge in [-0.2, -0.15) is 4.98 Å². The molecule has 5 nitrogen and oxygen atoms in total. The first-order chi connectivity index (χ1) is 8.38. The molecule has 0 aliphatic heterocycles. The first kappa shape index (κ1) is 12.3. The minimum absolute atomic E-state index is 0.143. The number of anilines is 1. The summed E-state index contributed by atoms with van der Waals surface area (Å²) < 4.78 is 1.45. The number of nitrogen functional groups attached to an aromatic ring is 1. The third-order valence-electron chi connectivity index (χ3n) is 2.57. The van der Waals surface area contributed by atoms with Gasteiger partial charge in [-0.25, -0.2) is 4.98 Å². The van der Waals surface area contributed by atoms with Gasteiger partial charge in [0.1, 0.15) is 5.82 Å². The fourth-order valence-corrected chi connectivity index (χ4v) is 1.58. The van der Waals surface area contributed by atoms with Gasteiger partial charge < -0.3 is 5.73 Å². The maximum Gasteiger partial charge on any atom is 0.256 e. The Bertz CT molecular complexity index is 625. The van der Waals surface area contributed by atoms with Crippen LogP contribution in [0.25, 0.3) is 5.82 Å². The first-order valence-corrected chi connectivity index (χ1v) is 5.71. The average molecular weight is 244 g/mol. The van der Waals surface area contributed by atoms with E-state index in [1.54, 1.807) is 24.4 Å². The zero-order valence-electron chi connectivity index (χ0n) is 10.7. The Morgan fingerprint density at radius 2 is 1.94 bits per heavy atom. The molecule has 0 fully saturated rings. The molecule has 2 rings (SSSR count). The fourth-order valence-electron chi connectivity index (χ4n) is 1.58. The van der Waals surface area contributed by atoms with Gasteiger partial charge in [0.15, 0.2) is 0 Å². The Hall–Kier alpha value is -2.17. The summed E-state index contributed by atoms with van der Waals surface area (Å²) in [4.78, 5) is 20.1. The van der Waals surface area contributed by atoms with Gasteiger partial charge >= 0.3 is 0 Å². The second kappa shape index (κ2) is 4.25. The second-order valence-electron chi connectivity index (χ2n) is 5.13. The van der Waals surface area contributed by atoms with Gasteiger partial charge in [0.05, 0.1) is 5.69 Å². The number of nitrogens with zero attached hydrogens (tertiary/aromatic N) is 3. The normalized spacial score (nSPS) is 11.5. The minimum Gasteiger partial charge on any atom is -0.368 e. The predicted molar refractivity (Wildman–Crippen MR) is 70.7 cm³/mol. The average Bonchev–Trinajstić information content (AvgIpc) is 2.27. The summed E-state index contributed by atoms with van der Waals surface area (Å²) in [5.74, 6) is 0.672. The van der Waals surface area contributed by atoms with Crippen molar-refractivity contribution in [1.82, 2.24) is 14.5 Å². The van der Waals surface area contributed by atoms with Crippen LogP contribution in [0.15, 0.2) is 35.3 Å². The lowest BCUT2D eigenvalue weighted by molar-refractivity contribution is 0.567. The van der Waals surface area contributed by atoms with E-state index in [4.69, 9.17) is 5.73 Å².